The molecule has 0 atom stereocenters. The Hall–Kier alpha value is -1.40. The smallest absolute Gasteiger partial charge is 0.252 e. The van der Waals surface area contributed by atoms with Crippen molar-refractivity contribution in [3.05, 3.63) is 34.3 Å². The van der Waals surface area contributed by atoms with E-state index in [0.717, 1.165) is 12.8 Å². The van der Waals surface area contributed by atoms with E-state index in [-0.39, 0.29) is 30.5 Å². The summed E-state index contributed by atoms with van der Waals surface area (Å²) in [5.41, 5.74) is 0.506. The summed E-state index contributed by atoms with van der Waals surface area (Å²) in [5, 5.41) is 14.9. The normalized spacial score (nSPS) is 21.6. The minimum absolute atomic E-state index is 0.0424. The number of rotatable bonds is 4. The molecule has 3 N–H and O–H groups in total. The van der Waals surface area contributed by atoms with E-state index in [1.807, 2.05) is 6.07 Å². The first-order valence-electron chi connectivity index (χ1n) is 7.06. The minimum Gasteiger partial charge on any atom is -0.393 e. The lowest BCUT2D eigenvalue weighted by Gasteiger charge is -2.26. The van der Waals surface area contributed by atoms with E-state index in [4.69, 9.17) is 0 Å². The first-order chi connectivity index (χ1) is 10.1. The van der Waals surface area contributed by atoms with Crippen LogP contribution in [0.2, 0.25) is 0 Å². The summed E-state index contributed by atoms with van der Waals surface area (Å²) in [5.74, 6) is -0.478. The molecule has 0 saturated heterocycles. The highest BCUT2D eigenvalue weighted by molar-refractivity contribution is 9.10. The van der Waals surface area contributed by atoms with Crippen LogP contribution in [-0.2, 0) is 4.79 Å². The summed E-state index contributed by atoms with van der Waals surface area (Å²) >= 11 is 3.30. The lowest BCUT2D eigenvalue weighted by Crippen LogP contribution is -2.43. The van der Waals surface area contributed by atoms with Gasteiger partial charge in [-0.2, -0.15) is 0 Å². The van der Waals surface area contributed by atoms with Crippen LogP contribution in [0, 0.1) is 0 Å². The van der Waals surface area contributed by atoms with Crippen molar-refractivity contribution in [1.82, 2.24) is 10.6 Å². The van der Waals surface area contributed by atoms with Crippen molar-refractivity contribution in [3.63, 3.8) is 0 Å². The van der Waals surface area contributed by atoms with Crippen LogP contribution in [0.4, 0.5) is 0 Å². The van der Waals surface area contributed by atoms with Crippen molar-refractivity contribution in [2.75, 3.05) is 6.54 Å². The van der Waals surface area contributed by atoms with Gasteiger partial charge in [-0.1, -0.05) is 12.1 Å². The summed E-state index contributed by atoms with van der Waals surface area (Å²) < 4.78 is 0.698. The van der Waals surface area contributed by atoms with Crippen LogP contribution in [0.3, 0.4) is 0 Å². The Labute approximate surface area is 132 Å². The molecule has 5 nitrogen and oxygen atoms in total. The van der Waals surface area contributed by atoms with Crippen molar-refractivity contribution in [2.45, 2.75) is 37.8 Å². The van der Waals surface area contributed by atoms with Gasteiger partial charge in [0.05, 0.1) is 18.2 Å². The second kappa shape index (κ2) is 7.56. The lowest BCUT2D eigenvalue weighted by atomic mass is 9.93. The van der Waals surface area contributed by atoms with Crippen molar-refractivity contribution >= 4 is 27.7 Å². The molecule has 1 aliphatic rings. The highest BCUT2D eigenvalue weighted by atomic mass is 79.9. The van der Waals surface area contributed by atoms with Gasteiger partial charge in [-0.3, -0.25) is 9.59 Å². The average molecular weight is 355 g/mol. The summed E-state index contributed by atoms with van der Waals surface area (Å²) in [7, 11) is 0. The predicted molar refractivity (Wildman–Crippen MR) is 82.9 cm³/mol. The Balaban J connectivity index is 1.76. The zero-order chi connectivity index (χ0) is 15.2. The zero-order valence-electron chi connectivity index (χ0n) is 11.6. The standard InChI is InChI=1S/C15H19BrN2O3/c16-13-4-2-1-3-12(13)15(21)17-9-14(20)18-10-5-7-11(19)8-6-10/h1-4,10-11,19H,5-9H2,(H,17,21)(H,18,20). The number of carbonyl (C=O) groups is 2. The molecule has 0 radical (unpaired) electrons. The third-order valence-electron chi connectivity index (χ3n) is 3.59. The molecule has 0 aliphatic heterocycles. The zero-order valence-corrected chi connectivity index (χ0v) is 13.2. The van der Waals surface area contributed by atoms with Crippen LogP contribution in [-0.4, -0.2) is 35.6 Å². The molecule has 1 fully saturated rings. The third kappa shape index (κ3) is 4.82. The van der Waals surface area contributed by atoms with E-state index in [1.54, 1.807) is 18.2 Å². The number of halogens is 1. The number of aliphatic hydroxyl groups excluding tert-OH is 1. The Morgan fingerprint density at radius 3 is 2.52 bits per heavy atom. The fourth-order valence-electron chi connectivity index (χ4n) is 2.40. The van der Waals surface area contributed by atoms with Gasteiger partial charge < -0.3 is 15.7 Å². The number of hydrogen-bond donors (Lipinski definition) is 3. The fourth-order valence-corrected chi connectivity index (χ4v) is 2.86. The largest absolute Gasteiger partial charge is 0.393 e. The van der Waals surface area contributed by atoms with E-state index in [0.29, 0.717) is 22.9 Å². The molecule has 1 aliphatic carbocycles. The van der Waals surface area contributed by atoms with Gasteiger partial charge in [-0.05, 0) is 53.7 Å². The Kier molecular flexibility index (Phi) is 5.76. The molecule has 0 spiro atoms. The van der Waals surface area contributed by atoms with Crippen LogP contribution < -0.4 is 10.6 Å². The van der Waals surface area contributed by atoms with E-state index in [1.165, 1.54) is 0 Å². The first-order valence-corrected chi connectivity index (χ1v) is 7.85. The first kappa shape index (κ1) is 16.0. The molecule has 1 aromatic rings. The molecule has 1 saturated carbocycles. The molecule has 0 unspecified atom stereocenters. The molecular formula is C15H19BrN2O3. The van der Waals surface area contributed by atoms with Gasteiger partial charge in [0.25, 0.3) is 5.91 Å². The van der Waals surface area contributed by atoms with E-state index < -0.39 is 0 Å². The molecule has 114 valence electrons. The Bertz CT molecular complexity index is 513. The molecule has 0 bridgehead atoms. The van der Waals surface area contributed by atoms with Crippen LogP contribution in [0.1, 0.15) is 36.0 Å². The maximum absolute atomic E-state index is 12.0. The molecule has 2 amide bonds. The van der Waals surface area contributed by atoms with Gasteiger partial charge in [-0.25, -0.2) is 0 Å². The third-order valence-corrected chi connectivity index (χ3v) is 4.28. The van der Waals surface area contributed by atoms with Gasteiger partial charge in [0.1, 0.15) is 0 Å². The quantitative estimate of drug-likeness (QED) is 0.768. The van der Waals surface area contributed by atoms with Gasteiger partial charge in [0.2, 0.25) is 5.91 Å². The number of hydrogen-bond acceptors (Lipinski definition) is 3. The van der Waals surface area contributed by atoms with E-state index in [9.17, 15) is 14.7 Å². The molecule has 0 heterocycles. The average Bonchev–Trinajstić information content (AvgIpc) is 2.48. The van der Waals surface area contributed by atoms with Gasteiger partial charge in [-0.15, -0.1) is 0 Å². The fraction of sp³-hybridized carbons (Fsp3) is 0.467. The number of aliphatic hydroxyl groups is 1. The molecular weight excluding hydrogens is 336 g/mol. The Morgan fingerprint density at radius 2 is 1.86 bits per heavy atom. The molecule has 21 heavy (non-hydrogen) atoms. The second-order valence-corrected chi connectivity index (χ2v) is 6.09. The van der Waals surface area contributed by atoms with Gasteiger partial charge in [0, 0.05) is 10.5 Å². The highest BCUT2D eigenvalue weighted by Crippen LogP contribution is 2.18. The van der Waals surface area contributed by atoms with Crippen LogP contribution in [0.5, 0.6) is 0 Å². The highest BCUT2D eigenvalue weighted by Gasteiger charge is 2.21. The van der Waals surface area contributed by atoms with Crippen molar-refractivity contribution in [2.24, 2.45) is 0 Å². The summed E-state index contributed by atoms with van der Waals surface area (Å²) in [4.78, 5) is 23.8. The number of carbonyl (C=O) groups excluding carboxylic acids is 2. The second-order valence-electron chi connectivity index (χ2n) is 5.24. The van der Waals surface area contributed by atoms with E-state index in [2.05, 4.69) is 26.6 Å². The molecule has 1 aromatic carbocycles. The van der Waals surface area contributed by atoms with Crippen molar-refractivity contribution in [3.8, 4) is 0 Å². The topological polar surface area (TPSA) is 78.4 Å². The Morgan fingerprint density at radius 1 is 1.19 bits per heavy atom. The maximum Gasteiger partial charge on any atom is 0.252 e. The van der Waals surface area contributed by atoms with Gasteiger partial charge >= 0.3 is 0 Å². The summed E-state index contributed by atoms with van der Waals surface area (Å²) in [6.07, 6.45) is 2.76. The molecule has 6 heteroatoms. The summed E-state index contributed by atoms with van der Waals surface area (Å²) in [6.45, 7) is -0.0424. The number of amides is 2. The van der Waals surface area contributed by atoms with E-state index >= 15 is 0 Å². The summed E-state index contributed by atoms with van der Waals surface area (Å²) in [6, 6.07) is 7.17. The van der Waals surface area contributed by atoms with Crippen LogP contribution >= 0.6 is 15.9 Å². The minimum atomic E-state index is -0.281. The van der Waals surface area contributed by atoms with Crippen molar-refractivity contribution < 1.29 is 14.7 Å². The molecule has 2 rings (SSSR count). The molecule has 0 aromatic heterocycles. The SMILES string of the molecule is O=C(CNC(=O)c1ccccc1Br)NC1CCC(O)CC1. The lowest BCUT2D eigenvalue weighted by molar-refractivity contribution is -0.121. The van der Waals surface area contributed by atoms with Crippen molar-refractivity contribution in [1.29, 1.82) is 0 Å². The predicted octanol–water partition coefficient (Wildman–Crippen LogP) is 1.60. The number of benzene rings is 1. The maximum atomic E-state index is 12.0. The number of nitrogens with one attached hydrogen (secondary N) is 2. The van der Waals surface area contributed by atoms with Crippen LogP contribution in [0.25, 0.3) is 0 Å². The monoisotopic (exact) mass is 354 g/mol. The van der Waals surface area contributed by atoms with Gasteiger partial charge in [0.15, 0.2) is 0 Å². The van der Waals surface area contributed by atoms with Crippen LogP contribution in [0.15, 0.2) is 28.7 Å².